The lowest BCUT2D eigenvalue weighted by molar-refractivity contribution is -0.146. The largest absolute Gasteiger partial charge is 0.478 e. The molecule has 0 unspecified atom stereocenters. The molecule has 0 aliphatic carbocycles. The number of imide groups is 1. The van der Waals surface area contributed by atoms with E-state index in [9.17, 15) is 24.0 Å². The van der Waals surface area contributed by atoms with Crippen molar-refractivity contribution in [2.75, 3.05) is 24.0 Å². The van der Waals surface area contributed by atoms with Crippen molar-refractivity contribution in [3.8, 4) is 0 Å². The molecular weight excluding hydrogens is 578 g/mol. The average Bonchev–Trinajstić information content (AvgIpc) is 3.63. The molecule has 4 rings (SSSR count). The van der Waals surface area contributed by atoms with Gasteiger partial charge in [-0.3, -0.25) is 9.59 Å². The highest BCUT2D eigenvalue weighted by Gasteiger charge is 2.28. The van der Waals surface area contributed by atoms with Gasteiger partial charge in [-0.05, 0) is 43.5 Å². The van der Waals surface area contributed by atoms with Crippen LogP contribution in [0, 0.1) is 13.8 Å². The summed E-state index contributed by atoms with van der Waals surface area (Å²) < 4.78 is 15.7. The van der Waals surface area contributed by atoms with Gasteiger partial charge in [-0.15, -0.1) is 0 Å². The predicted octanol–water partition coefficient (Wildman–Crippen LogP) is 3.46. The fourth-order valence-corrected chi connectivity index (χ4v) is 4.01. The van der Waals surface area contributed by atoms with Gasteiger partial charge in [0.1, 0.15) is 18.1 Å². The van der Waals surface area contributed by atoms with Gasteiger partial charge in [-0.25, -0.2) is 28.8 Å². The molecule has 0 aliphatic heterocycles. The molecule has 4 aromatic rings. The van der Waals surface area contributed by atoms with E-state index in [4.69, 9.17) is 14.4 Å². The topological polar surface area (TPSA) is 208 Å². The second-order valence-electron chi connectivity index (χ2n) is 9.18. The summed E-state index contributed by atoms with van der Waals surface area (Å²) in [7, 11) is 0. The van der Waals surface area contributed by atoms with E-state index in [1.807, 2.05) is 6.92 Å². The summed E-state index contributed by atoms with van der Waals surface area (Å²) in [6.07, 6.45) is 4.62. The third kappa shape index (κ3) is 7.22. The summed E-state index contributed by atoms with van der Waals surface area (Å²) in [5, 5.41) is 22.3. The van der Waals surface area contributed by atoms with E-state index in [-0.39, 0.29) is 17.9 Å². The number of aryl methyl sites for hydroxylation is 2. The third-order valence-electron chi connectivity index (χ3n) is 6.15. The highest BCUT2D eigenvalue weighted by atomic mass is 16.7. The van der Waals surface area contributed by atoms with E-state index in [2.05, 4.69) is 30.6 Å². The fraction of sp³-hybridized carbons (Fsp3) is 0.214. The number of fused-ring (bicyclic) bond motifs is 1. The van der Waals surface area contributed by atoms with Crippen LogP contribution >= 0.6 is 0 Å². The molecule has 0 saturated carbocycles. The normalized spacial score (nSPS) is 10.9. The Morgan fingerprint density at radius 1 is 1.11 bits per heavy atom. The number of ether oxygens (including phenoxy) is 2. The summed E-state index contributed by atoms with van der Waals surface area (Å²) in [5.74, 6) is -2.90. The molecule has 16 heteroatoms. The number of nitrogens with one attached hydrogen (secondary N) is 2. The molecule has 0 aliphatic rings. The van der Waals surface area contributed by atoms with Crippen LogP contribution in [0.1, 0.15) is 45.2 Å². The number of aliphatic carboxylic acids is 1. The molecule has 1 aromatic carbocycles. The summed E-state index contributed by atoms with van der Waals surface area (Å²) in [6, 6.07) is 6.55. The second-order valence-corrected chi connectivity index (χ2v) is 9.18. The number of carboxylic acid groups (broad SMARTS) is 1. The molecule has 3 aromatic heterocycles. The Labute approximate surface area is 249 Å². The van der Waals surface area contributed by atoms with Crippen LogP contribution in [-0.2, 0) is 19.1 Å². The van der Waals surface area contributed by atoms with Crippen molar-refractivity contribution in [2.45, 2.75) is 27.2 Å². The first-order valence-corrected chi connectivity index (χ1v) is 13.1. The molecular formula is C28H27N7O9. The van der Waals surface area contributed by atoms with E-state index in [0.717, 1.165) is 10.5 Å². The van der Waals surface area contributed by atoms with E-state index in [1.54, 1.807) is 32.0 Å². The first-order chi connectivity index (χ1) is 21.1. The van der Waals surface area contributed by atoms with Gasteiger partial charge in [0.15, 0.2) is 11.6 Å². The third-order valence-corrected chi connectivity index (χ3v) is 6.15. The molecule has 228 valence electrons. The van der Waals surface area contributed by atoms with Gasteiger partial charge >= 0.3 is 18.0 Å². The minimum Gasteiger partial charge on any atom is -0.478 e. The molecule has 3 amide bonds. The Morgan fingerprint density at radius 2 is 1.91 bits per heavy atom. The molecule has 3 heterocycles. The van der Waals surface area contributed by atoms with Crippen molar-refractivity contribution >= 4 is 52.7 Å². The van der Waals surface area contributed by atoms with E-state index in [1.165, 1.54) is 29.4 Å². The lowest BCUT2D eigenvalue weighted by atomic mass is 10.1. The highest BCUT2D eigenvalue weighted by molar-refractivity contribution is 6.06. The molecule has 3 N–H and O–H groups in total. The summed E-state index contributed by atoms with van der Waals surface area (Å²) in [6.45, 7) is 4.42. The van der Waals surface area contributed by atoms with Crippen LogP contribution in [0.25, 0.3) is 5.52 Å². The highest BCUT2D eigenvalue weighted by Crippen LogP contribution is 2.28. The Morgan fingerprint density at radius 3 is 2.61 bits per heavy atom. The van der Waals surface area contributed by atoms with Crippen molar-refractivity contribution in [3.63, 3.8) is 0 Å². The van der Waals surface area contributed by atoms with Crippen molar-refractivity contribution in [2.24, 2.45) is 0 Å². The maximum absolute atomic E-state index is 13.5. The van der Waals surface area contributed by atoms with Crippen LogP contribution in [0.4, 0.5) is 22.1 Å². The van der Waals surface area contributed by atoms with Gasteiger partial charge in [0.25, 0.3) is 11.8 Å². The molecule has 16 nitrogen and oxygen atoms in total. The van der Waals surface area contributed by atoms with E-state index < -0.39 is 36.6 Å². The van der Waals surface area contributed by atoms with Crippen LogP contribution in [0.2, 0.25) is 0 Å². The standard InChI is InChI=1S/C28H27N7O9/c1-4-10-34(28(41)43-15-42-23(38)8-7-22(36)37)27(40)19-13-35-24(17(19)3)25(29-14-30-35)31-20-12-18(6-5-16(20)2)26(39)32-21-9-11-44-33-21/h5-9,11-14H,4,10,15H2,1-3H3,(H,36,37)(H,29,30,31)(H,32,33,39). The molecule has 44 heavy (non-hydrogen) atoms. The number of hydrogen-bond acceptors (Lipinski definition) is 12. The Kier molecular flexibility index (Phi) is 9.64. The Bertz CT molecular complexity index is 1750. The van der Waals surface area contributed by atoms with Gasteiger partial charge in [0.05, 0.1) is 5.56 Å². The summed E-state index contributed by atoms with van der Waals surface area (Å²) in [4.78, 5) is 66.2. The van der Waals surface area contributed by atoms with E-state index in [0.29, 0.717) is 46.7 Å². The Hall–Kier alpha value is -6.06. The minimum absolute atomic E-state index is 0.00463. The number of carbonyl (C=O) groups is 5. The lowest BCUT2D eigenvalue weighted by Gasteiger charge is -2.19. The number of hydrogen-bond donors (Lipinski definition) is 3. The van der Waals surface area contributed by atoms with Gasteiger partial charge in [0, 0.05) is 42.2 Å². The average molecular weight is 606 g/mol. The Balaban J connectivity index is 1.55. The summed E-state index contributed by atoms with van der Waals surface area (Å²) in [5.41, 5.74) is 2.74. The number of amides is 3. The quantitative estimate of drug-likeness (QED) is 0.127. The zero-order chi connectivity index (χ0) is 31.8. The number of carbonyl (C=O) groups excluding carboxylic acids is 4. The molecule has 0 saturated heterocycles. The zero-order valence-electron chi connectivity index (χ0n) is 23.8. The maximum Gasteiger partial charge on any atom is 0.419 e. The molecule has 0 atom stereocenters. The van der Waals surface area contributed by atoms with Crippen LogP contribution in [0.3, 0.4) is 0 Å². The predicted molar refractivity (Wildman–Crippen MR) is 152 cm³/mol. The van der Waals surface area contributed by atoms with Crippen LogP contribution in [0.5, 0.6) is 0 Å². The smallest absolute Gasteiger partial charge is 0.419 e. The first kappa shape index (κ1) is 30.9. The van der Waals surface area contributed by atoms with Crippen molar-refractivity contribution in [1.82, 2.24) is 24.7 Å². The number of benzene rings is 1. The molecule has 0 radical (unpaired) electrons. The van der Waals surface area contributed by atoms with Crippen molar-refractivity contribution in [3.05, 3.63) is 77.5 Å². The maximum atomic E-state index is 13.5. The first-order valence-electron chi connectivity index (χ1n) is 13.1. The fourth-order valence-electron chi connectivity index (χ4n) is 4.01. The second kappa shape index (κ2) is 13.7. The van der Waals surface area contributed by atoms with Gasteiger partial charge in [-0.1, -0.05) is 18.1 Å². The van der Waals surface area contributed by atoms with Crippen molar-refractivity contribution < 1.29 is 43.1 Å². The summed E-state index contributed by atoms with van der Waals surface area (Å²) >= 11 is 0. The zero-order valence-corrected chi connectivity index (χ0v) is 23.8. The van der Waals surface area contributed by atoms with Gasteiger partial charge in [-0.2, -0.15) is 5.10 Å². The molecule has 0 fully saturated rings. The van der Waals surface area contributed by atoms with E-state index >= 15 is 0 Å². The number of anilines is 3. The molecule has 0 bridgehead atoms. The van der Waals surface area contributed by atoms with Crippen molar-refractivity contribution in [1.29, 1.82) is 0 Å². The number of carboxylic acids is 1. The monoisotopic (exact) mass is 605 g/mol. The number of rotatable bonds is 11. The number of esters is 1. The van der Waals surface area contributed by atoms with Crippen LogP contribution in [-0.4, -0.2) is 72.9 Å². The SMILES string of the molecule is CCCN(C(=O)OCOC(=O)C=CC(=O)O)C(=O)c1cn2ncnc(Nc3cc(C(=O)Nc4ccon4)ccc3C)c2c1C. The molecule has 0 spiro atoms. The van der Waals surface area contributed by atoms with Crippen LogP contribution in [0.15, 0.2) is 59.7 Å². The lowest BCUT2D eigenvalue weighted by Crippen LogP contribution is -2.38. The minimum atomic E-state index is -1.35. The number of aromatic nitrogens is 4. The van der Waals surface area contributed by atoms with Gasteiger partial charge in [0.2, 0.25) is 6.79 Å². The van der Waals surface area contributed by atoms with Gasteiger partial charge < -0.3 is 29.7 Å². The van der Waals surface area contributed by atoms with Crippen LogP contribution < -0.4 is 10.6 Å². The number of nitrogens with zero attached hydrogens (tertiary/aromatic N) is 5.